The Hall–Kier alpha value is -2.23. The summed E-state index contributed by atoms with van der Waals surface area (Å²) in [6.45, 7) is 6.23. The average molecular weight is 544 g/mol. The van der Waals surface area contributed by atoms with Crippen LogP contribution < -0.4 is 0 Å². The standard InChI is InChI=1S/C27H30ClN3O3S2/c1-19-5-3-4-6-23(19)26-24-12-18-35-25(24)11-13-31(26)20(2)27(32)29-14-16-30(17-15-29)36(33,34)22-9-7-21(28)8-10-22/h3-10,12,18,20,26H,11,13-17H2,1-2H3/t20-,26+/m1/s1. The van der Waals surface area contributed by atoms with E-state index in [1.54, 1.807) is 23.5 Å². The summed E-state index contributed by atoms with van der Waals surface area (Å²) in [6, 6.07) is 16.5. The summed E-state index contributed by atoms with van der Waals surface area (Å²) in [4.78, 5) is 19.4. The van der Waals surface area contributed by atoms with Gasteiger partial charge < -0.3 is 4.90 Å². The highest BCUT2D eigenvalue weighted by molar-refractivity contribution is 7.89. The number of hydrogen-bond acceptors (Lipinski definition) is 5. The second kappa shape index (κ2) is 10.3. The van der Waals surface area contributed by atoms with E-state index in [2.05, 4.69) is 41.5 Å². The highest BCUT2D eigenvalue weighted by Crippen LogP contribution is 2.40. The van der Waals surface area contributed by atoms with Crippen LogP contribution in [0.5, 0.6) is 0 Å². The quantitative estimate of drug-likeness (QED) is 0.472. The van der Waals surface area contributed by atoms with Gasteiger partial charge >= 0.3 is 0 Å². The van der Waals surface area contributed by atoms with E-state index in [9.17, 15) is 13.2 Å². The minimum absolute atomic E-state index is 0.0340. The first-order chi connectivity index (χ1) is 17.3. The van der Waals surface area contributed by atoms with Gasteiger partial charge in [0.05, 0.1) is 17.0 Å². The third-order valence-corrected chi connectivity index (χ3v) is 10.5. The Morgan fingerprint density at radius 2 is 1.67 bits per heavy atom. The van der Waals surface area contributed by atoms with Crippen molar-refractivity contribution in [3.8, 4) is 0 Å². The second-order valence-corrected chi connectivity index (χ2v) is 12.8. The predicted octanol–water partition coefficient (Wildman–Crippen LogP) is 4.58. The number of halogens is 1. The number of carbonyl (C=O) groups excluding carboxylic acids is 1. The fourth-order valence-corrected chi connectivity index (χ4v) is 7.76. The van der Waals surface area contributed by atoms with E-state index in [4.69, 9.17) is 11.6 Å². The molecule has 0 spiro atoms. The molecule has 0 bridgehead atoms. The Morgan fingerprint density at radius 1 is 0.972 bits per heavy atom. The van der Waals surface area contributed by atoms with Gasteiger partial charge in [0.15, 0.2) is 0 Å². The van der Waals surface area contributed by atoms with Crippen molar-refractivity contribution in [1.82, 2.24) is 14.1 Å². The first kappa shape index (κ1) is 25.4. The van der Waals surface area contributed by atoms with Gasteiger partial charge in [-0.05, 0) is 72.7 Å². The first-order valence-corrected chi connectivity index (χ1v) is 14.9. The van der Waals surface area contributed by atoms with Crippen molar-refractivity contribution in [2.24, 2.45) is 0 Å². The molecule has 2 atom stereocenters. The zero-order chi connectivity index (χ0) is 25.4. The number of fused-ring (bicyclic) bond motifs is 1. The van der Waals surface area contributed by atoms with Crippen molar-refractivity contribution in [1.29, 1.82) is 0 Å². The molecule has 2 aliphatic heterocycles. The summed E-state index contributed by atoms with van der Waals surface area (Å²) in [5.74, 6) is 0.0517. The van der Waals surface area contributed by atoms with Crippen LogP contribution in [0.1, 0.15) is 34.5 Å². The summed E-state index contributed by atoms with van der Waals surface area (Å²) in [6.07, 6.45) is 0.931. The molecule has 1 saturated heterocycles. The van der Waals surface area contributed by atoms with Crippen molar-refractivity contribution in [2.45, 2.75) is 37.2 Å². The molecule has 0 saturated carbocycles. The summed E-state index contributed by atoms with van der Waals surface area (Å²) < 4.78 is 27.6. The highest BCUT2D eigenvalue weighted by Gasteiger charge is 2.38. The molecule has 6 nitrogen and oxygen atoms in total. The van der Waals surface area contributed by atoms with Crippen LogP contribution in [-0.4, -0.2) is 67.2 Å². The lowest BCUT2D eigenvalue weighted by Gasteiger charge is -2.42. The number of piperazine rings is 1. The van der Waals surface area contributed by atoms with Crippen LogP contribution in [0.3, 0.4) is 0 Å². The molecule has 2 aliphatic rings. The minimum Gasteiger partial charge on any atom is -0.339 e. The molecular weight excluding hydrogens is 514 g/mol. The molecule has 9 heteroatoms. The number of sulfonamides is 1. The maximum Gasteiger partial charge on any atom is 0.243 e. The van der Waals surface area contributed by atoms with Gasteiger partial charge in [0.25, 0.3) is 0 Å². The topological polar surface area (TPSA) is 60.9 Å². The Balaban J connectivity index is 1.32. The Bertz CT molecular complexity index is 1350. The van der Waals surface area contributed by atoms with Crippen molar-refractivity contribution < 1.29 is 13.2 Å². The van der Waals surface area contributed by atoms with Crippen LogP contribution in [-0.2, 0) is 21.2 Å². The molecule has 0 aliphatic carbocycles. The summed E-state index contributed by atoms with van der Waals surface area (Å²) in [5.41, 5.74) is 3.74. The molecular formula is C27H30ClN3O3S2. The molecule has 1 amide bonds. The molecule has 1 aromatic heterocycles. The number of carbonyl (C=O) groups is 1. The third-order valence-electron chi connectivity index (χ3n) is 7.34. The van der Waals surface area contributed by atoms with Crippen LogP contribution >= 0.6 is 22.9 Å². The van der Waals surface area contributed by atoms with Gasteiger partial charge in [0, 0.05) is 42.6 Å². The smallest absolute Gasteiger partial charge is 0.243 e. The normalized spacial score (nSPS) is 20.2. The second-order valence-electron chi connectivity index (χ2n) is 9.41. The molecule has 2 aromatic carbocycles. The number of benzene rings is 2. The first-order valence-electron chi connectivity index (χ1n) is 12.2. The lowest BCUT2D eigenvalue weighted by atomic mass is 9.89. The fourth-order valence-electron chi connectivity index (χ4n) is 5.30. The Morgan fingerprint density at radius 3 is 2.36 bits per heavy atom. The Kier molecular flexibility index (Phi) is 7.25. The lowest BCUT2D eigenvalue weighted by Crippen LogP contribution is -2.56. The maximum absolute atomic E-state index is 13.7. The van der Waals surface area contributed by atoms with Gasteiger partial charge in [-0.1, -0.05) is 35.9 Å². The van der Waals surface area contributed by atoms with Gasteiger partial charge in [-0.3, -0.25) is 9.69 Å². The number of thiophene rings is 1. The SMILES string of the molecule is Cc1ccccc1[C@H]1c2ccsc2CCN1[C@H](C)C(=O)N1CCN(S(=O)(=O)c2ccc(Cl)cc2)CC1. The monoisotopic (exact) mass is 543 g/mol. The van der Waals surface area contributed by atoms with Gasteiger partial charge in [0.1, 0.15) is 0 Å². The van der Waals surface area contributed by atoms with Crippen molar-refractivity contribution in [2.75, 3.05) is 32.7 Å². The Labute approximate surface area is 222 Å². The van der Waals surface area contributed by atoms with E-state index in [0.717, 1.165) is 13.0 Å². The third kappa shape index (κ3) is 4.73. The van der Waals surface area contributed by atoms with Crippen LogP contribution in [0.4, 0.5) is 0 Å². The number of rotatable bonds is 5. The summed E-state index contributed by atoms with van der Waals surface area (Å²) in [7, 11) is -3.62. The highest BCUT2D eigenvalue weighted by atomic mass is 35.5. The average Bonchev–Trinajstić information content (AvgIpc) is 3.37. The number of amides is 1. The molecule has 190 valence electrons. The van der Waals surface area contributed by atoms with Gasteiger partial charge in [-0.25, -0.2) is 8.42 Å². The molecule has 3 heterocycles. The van der Waals surface area contributed by atoms with Crippen molar-refractivity contribution in [3.63, 3.8) is 0 Å². The zero-order valence-electron chi connectivity index (χ0n) is 20.4. The largest absolute Gasteiger partial charge is 0.339 e. The molecule has 36 heavy (non-hydrogen) atoms. The van der Waals surface area contributed by atoms with E-state index in [0.29, 0.717) is 18.1 Å². The van der Waals surface area contributed by atoms with Crippen molar-refractivity contribution in [3.05, 3.63) is 86.6 Å². The van der Waals surface area contributed by atoms with Gasteiger partial charge in [-0.2, -0.15) is 4.31 Å². The van der Waals surface area contributed by atoms with E-state index in [1.807, 2.05) is 17.9 Å². The summed E-state index contributed by atoms with van der Waals surface area (Å²) in [5, 5.41) is 2.64. The molecule has 0 radical (unpaired) electrons. The minimum atomic E-state index is -3.62. The number of nitrogens with zero attached hydrogens (tertiary/aromatic N) is 3. The molecule has 3 aromatic rings. The summed E-state index contributed by atoms with van der Waals surface area (Å²) >= 11 is 7.71. The van der Waals surface area contributed by atoms with Crippen LogP contribution in [0.25, 0.3) is 0 Å². The van der Waals surface area contributed by atoms with E-state index in [-0.39, 0.29) is 36.0 Å². The van der Waals surface area contributed by atoms with E-state index < -0.39 is 10.0 Å². The number of hydrogen-bond donors (Lipinski definition) is 0. The molecule has 1 fully saturated rings. The van der Waals surface area contributed by atoms with Gasteiger partial charge in [0.2, 0.25) is 15.9 Å². The number of aryl methyl sites for hydroxylation is 1. The van der Waals surface area contributed by atoms with Crippen LogP contribution in [0, 0.1) is 6.92 Å². The van der Waals surface area contributed by atoms with Crippen LogP contribution in [0.2, 0.25) is 5.02 Å². The molecule has 0 N–H and O–H groups in total. The predicted molar refractivity (Wildman–Crippen MR) is 144 cm³/mol. The zero-order valence-corrected chi connectivity index (χ0v) is 22.8. The van der Waals surface area contributed by atoms with Gasteiger partial charge in [-0.15, -0.1) is 11.3 Å². The van der Waals surface area contributed by atoms with Crippen LogP contribution in [0.15, 0.2) is 64.9 Å². The van der Waals surface area contributed by atoms with Crippen molar-refractivity contribution >= 4 is 38.9 Å². The molecule has 5 rings (SSSR count). The molecule has 0 unspecified atom stereocenters. The fraction of sp³-hybridized carbons (Fsp3) is 0.370. The maximum atomic E-state index is 13.7. The lowest BCUT2D eigenvalue weighted by molar-refractivity contribution is -0.138. The van der Waals surface area contributed by atoms with E-state index >= 15 is 0 Å². The van der Waals surface area contributed by atoms with E-state index in [1.165, 1.54) is 38.0 Å².